The van der Waals surface area contributed by atoms with E-state index in [-0.39, 0.29) is 11.7 Å². The molecule has 5 rings (SSSR count). The van der Waals surface area contributed by atoms with Gasteiger partial charge in [-0.3, -0.25) is 9.69 Å². The first-order chi connectivity index (χ1) is 12.6. The molecule has 0 aromatic heterocycles. The number of nitrogens with zero attached hydrogens (tertiary/aromatic N) is 1. The molecule has 2 aromatic carbocycles. The summed E-state index contributed by atoms with van der Waals surface area (Å²) < 4.78 is 14.4. The van der Waals surface area contributed by atoms with Crippen LogP contribution in [0.25, 0.3) is 11.1 Å². The van der Waals surface area contributed by atoms with Gasteiger partial charge in [-0.1, -0.05) is 30.3 Å². The van der Waals surface area contributed by atoms with E-state index in [9.17, 15) is 9.18 Å². The number of carbonyl (C=O) groups is 1. The fourth-order valence-electron chi connectivity index (χ4n) is 4.51. The predicted molar refractivity (Wildman–Crippen MR) is 97.6 cm³/mol. The van der Waals surface area contributed by atoms with Crippen molar-refractivity contribution in [1.82, 2.24) is 4.90 Å². The molecule has 1 heterocycles. The van der Waals surface area contributed by atoms with Crippen LogP contribution in [0.15, 0.2) is 36.4 Å². The first-order valence-electron chi connectivity index (χ1n) is 9.49. The number of carboxylic acids is 1. The molecule has 0 radical (unpaired) electrons. The Kier molecular flexibility index (Phi) is 3.64. The molecular formula is C22H22FNO2. The summed E-state index contributed by atoms with van der Waals surface area (Å²) in [7, 11) is 0. The topological polar surface area (TPSA) is 40.5 Å². The first kappa shape index (κ1) is 16.0. The van der Waals surface area contributed by atoms with E-state index >= 15 is 0 Å². The summed E-state index contributed by atoms with van der Waals surface area (Å²) in [6, 6.07) is 12.4. The van der Waals surface area contributed by atoms with Crippen LogP contribution in [-0.4, -0.2) is 29.1 Å². The monoisotopic (exact) mass is 351 g/mol. The zero-order valence-corrected chi connectivity index (χ0v) is 14.6. The molecule has 0 spiro atoms. The number of hydrogen-bond donors (Lipinski definition) is 1. The van der Waals surface area contributed by atoms with Crippen molar-refractivity contribution in [2.75, 3.05) is 13.1 Å². The fourth-order valence-corrected chi connectivity index (χ4v) is 4.51. The lowest BCUT2D eigenvalue weighted by Gasteiger charge is -2.41. The number of aryl methyl sites for hydroxylation is 1. The Morgan fingerprint density at radius 1 is 1.00 bits per heavy atom. The van der Waals surface area contributed by atoms with E-state index in [2.05, 4.69) is 23.1 Å². The average molecular weight is 351 g/mol. The minimum atomic E-state index is -0.688. The number of fused-ring (bicyclic) bond motifs is 1. The van der Waals surface area contributed by atoms with Crippen LogP contribution in [0, 0.1) is 11.7 Å². The molecule has 134 valence electrons. The van der Waals surface area contributed by atoms with Gasteiger partial charge < -0.3 is 5.11 Å². The maximum absolute atomic E-state index is 14.4. The Morgan fingerprint density at radius 2 is 1.69 bits per heavy atom. The van der Waals surface area contributed by atoms with Crippen molar-refractivity contribution < 1.29 is 14.3 Å². The summed E-state index contributed by atoms with van der Waals surface area (Å²) in [5.41, 5.74) is 5.50. The predicted octanol–water partition coefficient (Wildman–Crippen LogP) is 4.37. The maximum atomic E-state index is 14.4. The van der Waals surface area contributed by atoms with E-state index in [4.69, 9.17) is 5.11 Å². The standard InChI is InChI=1S/C22H22FNO2/c23-20-10-15(3-6-18(20)13-1-2-13)14-4-7-19-16(9-14)5-8-21(19)24-11-17(12-24)22(25)26/h3-4,6-7,9-10,13,17,21H,1-2,5,8,11-12H2,(H,25,26). The number of hydrogen-bond acceptors (Lipinski definition) is 2. The minimum Gasteiger partial charge on any atom is -0.481 e. The van der Waals surface area contributed by atoms with Crippen molar-refractivity contribution in [3.05, 3.63) is 58.9 Å². The lowest BCUT2D eigenvalue weighted by molar-refractivity contribution is -0.148. The summed E-state index contributed by atoms with van der Waals surface area (Å²) in [5, 5.41) is 9.07. The molecule has 2 aromatic rings. The lowest BCUT2D eigenvalue weighted by atomic mass is 9.94. The van der Waals surface area contributed by atoms with Gasteiger partial charge in [0.25, 0.3) is 0 Å². The quantitative estimate of drug-likeness (QED) is 0.889. The van der Waals surface area contributed by atoms with Crippen LogP contribution >= 0.6 is 0 Å². The number of halogens is 1. The highest BCUT2D eigenvalue weighted by Crippen LogP contribution is 2.43. The van der Waals surface area contributed by atoms with Gasteiger partial charge in [0.2, 0.25) is 0 Å². The van der Waals surface area contributed by atoms with Gasteiger partial charge in [-0.15, -0.1) is 0 Å². The number of aliphatic carboxylic acids is 1. The summed E-state index contributed by atoms with van der Waals surface area (Å²) in [4.78, 5) is 13.3. The number of carboxylic acid groups (broad SMARTS) is 1. The molecule has 1 saturated carbocycles. The molecule has 3 nitrogen and oxygen atoms in total. The van der Waals surface area contributed by atoms with Crippen LogP contribution < -0.4 is 0 Å². The molecule has 26 heavy (non-hydrogen) atoms. The molecule has 1 atom stereocenters. The molecule has 0 amide bonds. The van der Waals surface area contributed by atoms with E-state index in [1.165, 1.54) is 11.1 Å². The minimum absolute atomic E-state index is 0.0799. The largest absolute Gasteiger partial charge is 0.481 e. The van der Waals surface area contributed by atoms with Gasteiger partial charge in [-0.05, 0) is 65.5 Å². The van der Waals surface area contributed by atoms with Gasteiger partial charge in [0.05, 0.1) is 5.92 Å². The second-order valence-corrected chi connectivity index (χ2v) is 7.97. The molecular weight excluding hydrogens is 329 g/mol. The van der Waals surface area contributed by atoms with Crippen molar-refractivity contribution in [3.8, 4) is 11.1 Å². The van der Waals surface area contributed by atoms with Gasteiger partial charge in [0, 0.05) is 19.1 Å². The Hall–Kier alpha value is -2.20. The highest BCUT2D eigenvalue weighted by atomic mass is 19.1. The van der Waals surface area contributed by atoms with E-state index in [1.807, 2.05) is 12.1 Å². The van der Waals surface area contributed by atoms with Gasteiger partial charge in [-0.25, -0.2) is 4.39 Å². The molecule has 4 heteroatoms. The molecule has 1 saturated heterocycles. The zero-order valence-electron chi connectivity index (χ0n) is 14.6. The number of likely N-dealkylation sites (tertiary alicyclic amines) is 1. The number of benzene rings is 2. The third-order valence-electron chi connectivity index (χ3n) is 6.24. The Bertz CT molecular complexity index is 884. The van der Waals surface area contributed by atoms with Crippen LogP contribution in [-0.2, 0) is 11.2 Å². The van der Waals surface area contributed by atoms with Crippen LogP contribution in [0.1, 0.15) is 47.9 Å². The summed E-state index contributed by atoms with van der Waals surface area (Å²) in [5.74, 6) is -0.558. The second-order valence-electron chi connectivity index (χ2n) is 7.97. The Morgan fingerprint density at radius 3 is 2.35 bits per heavy atom. The molecule has 1 N–H and O–H groups in total. The molecule has 2 aliphatic carbocycles. The average Bonchev–Trinajstić information content (AvgIpc) is 3.34. The maximum Gasteiger partial charge on any atom is 0.309 e. The third-order valence-corrected chi connectivity index (χ3v) is 6.24. The molecule has 0 bridgehead atoms. The van der Waals surface area contributed by atoms with Gasteiger partial charge in [-0.2, -0.15) is 0 Å². The summed E-state index contributed by atoms with van der Waals surface area (Å²) >= 11 is 0. The van der Waals surface area contributed by atoms with Gasteiger partial charge in [0.15, 0.2) is 0 Å². The number of rotatable bonds is 4. The molecule has 3 aliphatic rings. The van der Waals surface area contributed by atoms with Crippen LogP contribution in [0.3, 0.4) is 0 Å². The Balaban J connectivity index is 1.37. The lowest BCUT2D eigenvalue weighted by Crippen LogP contribution is -2.51. The third kappa shape index (κ3) is 2.64. The van der Waals surface area contributed by atoms with Crippen molar-refractivity contribution in [3.63, 3.8) is 0 Å². The fraction of sp³-hybridized carbons (Fsp3) is 0.409. The molecule has 1 unspecified atom stereocenters. The Labute approximate surface area is 152 Å². The second kappa shape index (κ2) is 5.92. The van der Waals surface area contributed by atoms with Crippen molar-refractivity contribution >= 4 is 5.97 Å². The van der Waals surface area contributed by atoms with Crippen LogP contribution in [0.2, 0.25) is 0 Å². The molecule has 2 fully saturated rings. The normalized spacial score (nSPS) is 22.9. The summed E-state index contributed by atoms with van der Waals surface area (Å²) in [6.07, 6.45) is 4.26. The summed E-state index contributed by atoms with van der Waals surface area (Å²) in [6.45, 7) is 1.30. The smallest absolute Gasteiger partial charge is 0.309 e. The van der Waals surface area contributed by atoms with E-state index in [0.29, 0.717) is 25.0 Å². The van der Waals surface area contributed by atoms with Crippen LogP contribution in [0.5, 0.6) is 0 Å². The van der Waals surface area contributed by atoms with E-state index in [0.717, 1.165) is 42.4 Å². The highest BCUT2D eigenvalue weighted by Gasteiger charge is 2.39. The van der Waals surface area contributed by atoms with Gasteiger partial charge in [0.1, 0.15) is 5.82 Å². The SMILES string of the molecule is O=C(O)C1CN(C2CCc3cc(-c4ccc(C5CC5)c(F)c4)ccc32)C1. The molecule has 1 aliphatic heterocycles. The first-order valence-corrected chi connectivity index (χ1v) is 9.49. The van der Waals surface area contributed by atoms with Gasteiger partial charge >= 0.3 is 5.97 Å². The van der Waals surface area contributed by atoms with Crippen LogP contribution in [0.4, 0.5) is 4.39 Å². The highest BCUT2D eigenvalue weighted by molar-refractivity contribution is 5.71. The van der Waals surface area contributed by atoms with Crippen molar-refractivity contribution in [1.29, 1.82) is 0 Å². The zero-order chi connectivity index (χ0) is 17.8. The van der Waals surface area contributed by atoms with Crippen molar-refractivity contribution in [2.45, 2.75) is 37.6 Å². The van der Waals surface area contributed by atoms with E-state index in [1.54, 1.807) is 6.07 Å². The van der Waals surface area contributed by atoms with Crippen molar-refractivity contribution in [2.24, 2.45) is 5.92 Å². The van der Waals surface area contributed by atoms with E-state index < -0.39 is 5.97 Å².